The number of imidazole rings is 1. The number of nitrogens with zero attached hydrogens (tertiary/aromatic N) is 3. The number of carbonyl (C=O) groups is 1. The maximum atomic E-state index is 13.3. The van der Waals surface area contributed by atoms with E-state index in [1.165, 1.54) is 6.42 Å². The van der Waals surface area contributed by atoms with E-state index in [0.717, 1.165) is 55.4 Å². The molecule has 1 aromatic carbocycles. The molecular weight excluding hydrogens is 400 g/mol. The van der Waals surface area contributed by atoms with Gasteiger partial charge in [-0.05, 0) is 43.2 Å². The van der Waals surface area contributed by atoms with Crippen LogP contribution in [0.2, 0.25) is 0 Å². The number of sulfonamides is 1. The molecule has 7 nitrogen and oxygen atoms in total. The molecule has 1 atom stereocenters. The molecule has 2 aliphatic carbocycles. The van der Waals surface area contributed by atoms with E-state index in [9.17, 15) is 13.2 Å². The van der Waals surface area contributed by atoms with Crippen LogP contribution in [0.1, 0.15) is 50.8 Å². The van der Waals surface area contributed by atoms with Crippen LogP contribution in [0.3, 0.4) is 0 Å². The van der Waals surface area contributed by atoms with Crippen molar-refractivity contribution < 1.29 is 13.2 Å². The van der Waals surface area contributed by atoms with Gasteiger partial charge in [0, 0.05) is 20.1 Å². The smallest absolute Gasteiger partial charge is 0.225 e. The Balaban J connectivity index is 1.35. The van der Waals surface area contributed by atoms with Crippen molar-refractivity contribution >= 4 is 27.0 Å². The number of para-hydroxylation sites is 2. The minimum atomic E-state index is -3.26. The van der Waals surface area contributed by atoms with Gasteiger partial charge >= 0.3 is 0 Å². The van der Waals surface area contributed by atoms with Crippen molar-refractivity contribution in [2.45, 2.75) is 56.7 Å². The molecule has 1 amide bonds. The number of rotatable bonds is 5. The van der Waals surface area contributed by atoms with Gasteiger partial charge in [-0.2, -0.15) is 0 Å². The number of aryl methyl sites for hydroxylation is 1. The number of hydrogen-bond donors (Lipinski definition) is 1. The van der Waals surface area contributed by atoms with E-state index in [0.29, 0.717) is 19.6 Å². The molecule has 162 valence electrons. The molecular formula is C22H30N4O3S. The van der Waals surface area contributed by atoms with Crippen molar-refractivity contribution in [2.24, 2.45) is 18.4 Å². The Morgan fingerprint density at radius 3 is 2.63 bits per heavy atom. The second kappa shape index (κ2) is 7.34. The van der Waals surface area contributed by atoms with E-state index in [1.807, 2.05) is 35.9 Å². The lowest BCUT2D eigenvalue weighted by Gasteiger charge is -2.37. The third kappa shape index (κ3) is 3.34. The van der Waals surface area contributed by atoms with E-state index >= 15 is 0 Å². The molecule has 1 unspecified atom stereocenters. The summed E-state index contributed by atoms with van der Waals surface area (Å²) in [6.07, 6.45) is 6.72. The van der Waals surface area contributed by atoms with Crippen molar-refractivity contribution in [2.75, 3.05) is 13.1 Å². The number of aromatic nitrogens is 2. The summed E-state index contributed by atoms with van der Waals surface area (Å²) in [5.74, 6) is 0.501. The molecule has 1 spiro atoms. The third-order valence-electron chi connectivity index (χ3n) is 7.39. The van der Waals surface area contributed by atoms with Crippen LogP contribution in [-0.2, 0) is 28.4 Å². The van der Waals surface area contributed by atoms with Crippen LogP contribution in [0.25, 0.3) is 11.0 Å². The molecule has 2 aromatic rings. The van der Waals surface area contributed by atoms with Crippen LogP contribution < -0.4 is 5.32 Å². The molecule has 3 aliphatic rings. The molecule has 3 fully saturated rings. The van der Waals surface area contributed by atoms with E-state index in [2.05, 4.69) is 10.3 Å². The number of hydrogen-bond acceptors (Lipinski definition) is 4. The topological polar surface area (TPSA) is 84.3 Å². The summed E-state index contributed by atoms with van der Waals surface area (Å²) in [6, 6.07) is 7.92. The molecule has 2 saturated carbocycles. The molecule has 1 saturated heterocycles. The number of fused-ring (bicyclic) bond motifs is 1. The first-order chi connectivity index (χ1) is 14.4. The summed E-state index contributed by atoms with van der Waals surface area (Å²) in [7, 11) is -1.30. The molecule has 2 heterocycles. The second-order valence-corrected chi connectivity index (χ2v) is 11.5. The lowest BCUT2D eigenvalue weighted by atomic mass is 9.67. The van der Waals surface area contributed by atoms with Crippen LogP contribution in [0.5, 0.6) is 0 Å². The molecule has 8 heteroatoms. The Kier molecular flexibility index (Phi) is 4.89. The Hall–Kier alpha value is -1.93. The highest BCUT2D eigenvalue weighted by Gasteiger charge is 2.55. The minimum absolute atomic E-state index is 0.0301. The quantitative estimate of drug-likeness (QED) is 0.790. The van der Waals surface area contributed by atoms with Gasteiger partial charge < -0.3 is 9.88 Å². The Morgan fingerprint density at radius 2 is 1.93 bits per heavy atom. The van der Waals surface area contributed by atoms with Gasteiger partial charge in [-0.3, -0.25) is 4.79 Å². The Morgan fingerprint density at radius 1 is 1.20 bits per heavy atom. The number of nitrogens with one attached hydrogen (secondary N) is 1. The van der Waals surface area contributed by atoms with Crippen molar-refractivity contribution in [3.63, 3.8) is 0 Å². The highest BCUT2D eigenvalue weighted by Crippen LogP contribution is 2.49. The molecule has 1 N–H and O–H groups in total. The van der Waals surface area contributed by atoms with Crippen LogP contribution in [0.15, 0.2) is 24.3 Å². The van der Waals surface area contributed by atoms with E-state index < -0.39 is 10.0 Å². The number of benzene rings is 1. The summed E-state index contributed by atoms with van der Waals surface area (Å²) < 4.78 is 29.4. The molecule has 1 aromatic heterocycles. The van der Waals surface area contributed by atoms with Gasteiger partial charge in [0.05, 0.1) is 28.7 Å². The highest BCUT2D eigenvalue weighted by molar-refractivity contribution is 7.90. The van der Waals surface area contributed by atoms with E-state index in [1.54, 1.807) is 4.31 Å². The number of amides is 1. The van der Waals surface area contributed by atoms with Gasteiger partial charge in [0.25, 0.3) is 0 Å². The average Bonchev–Trinajstić information content (AvgIpc) is 3.48. The predicted octanol–water partition coefficient (Wildman–Crippen LogP) is 2.56. The normalized spacial score (nSPS) is 24.5. The molecule has 5 rings (SSSR count). The standard InChI is InChI=1S/C22H30N4O3S/c1-25-19-8-4-3-7-18(19)24-20(25)13-23-21(27)17-14-26(30(28,29)16-9-10-16)15-22(17)11-5-2-6-12-22/h3-4,7-8,16-17H,2,5-6,9-15H2,1H3,(H,23,27). The van der Waals surface area contributed by atoms with Gasteiger partial charge in [-0.1, -0.05) is 31.4 Å². The molecule has 30 heavy (non-hydrogen) atoms. The second-order valence-electron chi connectivity index (χ2n) is 9.31. The lowest BCUT2D eigenvalue weighted by Crippen LogP contribution is -2.42. The largest absolute Gasteiger partial charge is 0.349 e. The van der Waals surface area contributed by atoms with Gasteiger partial charge in [-0.15, -0.1) is 0 Å². The van der Waals surface area contributed by atoms with Gasteiger partial charge in [-0.25, -0.2) is 17.7 Å². The monoisotopic (exact) mass is 430 g/mol. The zero-order chi connectivity index (χ0) is 20.9. The number of carbonyl (C=O) groups excluding carboxylic acids is 1. The molecule has 1 aliphatic heterocycles. The maximum absolute atomic E-state index is 13.3. The van der Waals surface area contributed by atoms with Crippen molar-refractivity contribution in [1.29, 1.82) is 0 Å². The average molecular weight is 431 g/mol. The highest BCUT2D eigenvalue weighted by atomic mass is 32.2. The van der Waals surface area contributed by atoms with E-state index in [-0.39, 0.29) is 22.5 Å². The first-order valence-corrected chi connectivity index (χ1v) is 12.6. The third-order valence-corrected chi connectivity index (χ3v) is 9.70. The first-order valence-electron chi connectivity index (χ1n) is 11.1. The molecule has 0 radical (unpaired) electrons. The van der Waals surface area contributed by atoms with Crippen LogP contribution in [-0.4, -0.2) is 46.5 Å². The Bertz CT molecular complexity index is 1070. The summed E-state index contributed by atoms with van der Waals surface area (Å²) in [4.78, 5) is 17.9. The molecule has 0 bridgehead atoms. The SMILES string of the molecule is Cn1c(CNC(=O)C2CN(S(=O)(=O)C3CC3)CC23CCCCC3)nc2ccccc21. The zero-order valence-corrected chi connectivity index (χ0v) is 18.3. The van der Waals surface area contributed by atoms with Crippen molar-refractivity contribution in [3.05, 3.63) is 30.1 Å². The van der Waals surface area contributed by atoms with Crippen LogP contribution in [0.4, 0.5) is 0 Å². The lowest BCUT2D eigenvalue weighted by molar-refractivity contribution is -0.128. The van der Waals surface area contributed by atoms with Gasteiger partial charge in [0.2, 0.25) is 15.9 Å². The summed E-state index contributed by atoms with van der Waals surface area (Å²) in [5, 5.41) is 2.87. The fraction of sp³-hybridized carbons (Fsp3) is 0.636. The van der Waals surface area contributed by atoms with Gasteiger partial charge in [0.1, 0.15) is 5.82 Å². The minimum Gasteiger partial charge on any atom is -0.349 e. The van der Waals surface area contributed by atoms with Gasteiger partial charge in [0.15, 0.2) is 0 Å². The van der Waals surface area contributed by atoms with Crippen molar-refractivity contribution in [1.82, 2.24) is 19.2 Å². The van der Waals surface area contributed by atoms with E-state index in [4.69, 9.17) is 0 Å². The maximum Gasteiger partial charge on any atom is 0.225 e. The summed E-state index contributed by atoms with van der Waals surface area (Å²) >= 11 is 0. The first kappa shape index (κ1) is 20.0. The van der Waals surface area contributed by atoms with Crippen LogP contribution >= 0.6 is 0 Å². The van der Waals surface area contributed by atoms with Crippen molar-refractivity contribution in [3.8, 4) is 0 Å². The summed E-state index contributed by atoms with van der Waals surface area (Å²) in [6.45, 7) is 1.19. The predicted molar refractivity (Wildman–Crippen MR) is 115 cm³/mol. The van der Waals surface area contributed by atoms with Crippen LogP contribution in [0, 0.1) is 11.3 Å². The fourth-order valence-electron chi connectivity index (χ4n) is 5.46. The Labute approximate surface area is 177 Å². The summed E-state index contributed by atoms with van der Waals surface area (Å²) in [5.41, 5.74) is 1.74. The fourth-order valence-corrected chi connectivity index (χ4v) is 7.41. The zero-order valence-electron chi connectivity index (χ0n) is 17.5.